The molecule has 0 bridgehead atoms. The Hall–Kier alpha value is -3.53. The van der Waals surface area contributed by atoms with Crippen LogP contribution in [-0.2, 0) is 21.0 Å². The lowest BCUT2D eigenvalue weighted by Crippen LogP contribution is -2.20. The van der Waals surface area contributed by atoms with Crippen molar-refractivity contribution in [1.29, 1.82) is 0 Å². The van der Waals surface area contributed by atoms with Crippen molar-refractivity contribution in [2.24, 2.45) is 0 Å². The largest absolute Gasteiger partial charge is 0.484 e. The second kappa shape index (κ2) is 9.31. The second-order valence-electron chi connectivity index (χ2n) is 6.85. The van der Waals surface area contributed by atoms with E-state index in [0.717, 1.165) is 29.8 Å². The number of carbonyl (C=O) groups is 1. The number of rotatable bonds is 7. The van der Waals surface area contributed by atoms with Gasteiger partial charge in [-0.1, -0.05) is 17.7 Å². The average Bonchev–Trinajstić information content (AvgIpc) is 2.74. The van der Waals surface area contributed by atoms with Crippen molar-refractivity contribution in [3.05, 3.63) is 83.9 Å². The number of hydrogen-bond acceptors (Lipinski definition) is 4. The number of carbonyl (C=O) groups excluding carboxylic acids is 1. The van der Waals surface area contributed by atoms with Crippen LogP contribution >= 0.6 is 0 Å². The number of halogens is 3. The molecule has 1 amide bonds. The fourth-order valence-corrected chi connectivity index (χ4v) is 3.70. The van der Waals surface area contributed by atoms with E-state index in [2.05, 4.69) is 10.0 Å². The van der Waals surface area contributed by atoms with Gasteiger partial charge in [0.2, 0.25) is 0 Å². The van der Waals surface area contributed by atoms with Crippen molar-refractivity contribution in [3.63, 3.8) is 0 Å². The molecule has 2 N–H and O–H groups in total. The molecule has 32 heavy (non-hydrogen) atoms. The molecule has 0 saturated heterocycles. The van der Waals surface area contributed by atoms with Crippen LogP contribution in [0.2, 0.25) is 0 Å². The molecule has 0 unspecified atom stereocenters. The van der Waals surface area contributed by atoms with E-state index in [4.69, 9.17) is 4.74 Å². The van der Waals surface area contributed by atoms with Gasteiger partial charge < -0.3 is 10.1 Å². The van der Waals surface area contributed by atoms with Crippen molar-refractivity contribution in [1.82, 2.24) is 0 Å². The number of aryl methyl sites for hydroxylation is 1. The van der Waals surface area contributed by atoms with E-state index in [9.17, 15) is 26.4 Å². The molecule has 0 aromatic heterocycles. The van der Waals surface area contributed by atoms with Crippen LogP contribution in [-0.4, -0.2) is 20.9 Å². The third-order valence-electron chi connectivity index (χ3n) is 4.30. The smallest absolute Gasteiger partial charge is 0.416 e. The van der Waals surface area contributed by atoms with E-state index in [1.54, 1.807) is 24.3 Å². The molecule has 168 valence electrons. The summed E-state index contributed by atoms with van der Waals surface area (Å²) in [5, 5.41) is 2.42. The van der Waals surface area contributed by atoms with Gasteiger partial charge in [-0.25, -0.2) is 8.42 Å². The maximum Gasteiger partial charge on any atom is 0.416 e. The van der Waals surface area contributed by atoms with E-state index >= 15 is 0 Å². The summed E-state index contributed by atoms with van der Waals surface area (Å²) in [5.41, 5.74) is 0.793. The third-order valence-corrected chi connectivity index (χ3v) is 5.70. The van der Waals surface area contributed by atoms with Gasteiger partial charge in [-0.3, -0.25) is 9.52 Å². The highest BCUT2D eigenvalue weighted by Gasteiger charge is 2.30. The fourth-order valence-electron chi connectivity index (χ4n) is 2.64. The van der Waals surface area contributed by atoms with Gasteiger partial charge in [0.25, 0.3) is 15.9 Å². The lowest BCUT2D eigenvalue weighted by molar-refractivity contribution is -0.137. The first-order valence-corrected chi connectivity index (χ1v) is 10.8. The Balaban J connectivity index is 1.55. The van der Waals surface area contributed by atoms with Crippen LogP contribution in [0.1, 0.15) is 11.1 Å². The maximum atomic E-state index is 12.6. The summed E-state index contributed by atoms with van der Waals surface area (Å²) in [6, 6.07) is 16.3. The molecule has 6 nitrogen and oxygen atoms in total. The topological polar surface area (TPSA) is 84.5 Å². The summed E-state index contributed by atoms with van der Waals surface area (Å²) in [6.45, 7) is 1.48. The molecule has 0 aliphatic carbocycles. The number of anilines is 2. The van der Waals surface area contributed by atoms with Gasteiger partial charge in [0.15, 0.2) is 6.61 Å². The standard InChI is InChI=1S/C22H19F3N2O4S/c1-15-2-6-18(7-3-15)27-32(29,30)20-12-10-19(11-13-20)31-14-21(28)26-17-8-4-16(5-9-17)22(23,24)25/h2-13,27H,14H2,1H3,(H,26,28). The van der Waals surface area contributed by atoms with Gasteiger partial charge in [-0.2, -0.15) is 13.2 Å². The normalized spacial score (nSPS) is 11.6. The number of nitrogens with one attached hydrogen (secondary N) is 2. The minimum Gasteiger partial charge on any atom is -0.484 e. The predicted octanol–water partition coefficient (Wildman–Crippen LogP) is 4.83. The lowest BCUT2D eigenvalue weighted by Gasteiger charge is -2.11. The molecule has 0 heterocycles. The first-order chi connectivity index (χ1) is 15.0. The summed E-state index contributed by atoms with van der Waals surface area (Å²) in [4.78, 5) is 12.0. The predicted molar refractivity (Wildman–Crippen MR) is 114 cm³/mol. The van der Waals surface area contributed by atoms with Crippen LogP contribution in [0, 0.1) is 6.92 Å². The van der Waals surface area contributed by atoms with E-state index < -0.39 is 34.3 Å². The van der Waals surface area contributed by atoms with Crippen molar-refractivity contribution in [2.75, 3.05) is 16.6 Å². The first-order valence-electron chi connectivity index (χ1n) is 9.32. The zero-order valence-electron chi connectivity index (χ0n) is 16.8. The maximum absolute atomic E-state index is 12.6. The third kappa shape index (κ3) is 6.24. The van der Waals surface area contributed by atoms with Crippen LogP contribution in [0.25, 0.3) is 0 Å². The highest BCUT2D eigenvalue weighted by atomic mass is 32.2. The molecule has 0 aliphatic rings. The lowest BCUT2D eigenvalue weighted by atomic mass is 10.2. The molecule has 0 atom stereocenters. The molecule has 0 aliphatic heterocycles. The summed E-state index contributed by atoms with van der Waals surface area (Å²) in [7, 11) is -3.79. The van der Waals surface area contributed by atoms with E-state index in [1.165, 1.54) is 24.3 Å². The van der Waals surface area contributed by atoms with Crippen molar-refractivity contribution in [3.8, 4) is 5.75 Å². The zero-order chi connectivity index (χ0) is 23.4. The molecule has 0 saturated carbocycles. The number of alkyl halides is 3. The Morgan fingerprint density at radius 1 is 0.875 bits per heavy atom. The van der Waals surface area contributed by atoms with Crippen LogP contribution in [0.15, 0.2) is 77.7 Å². The van der Waals surface area contributed by atoms with E-state index in [-0.39, 0.29) is 16.3 Å². The SMILES string of the molecule is Cc1ccc(NS(=O)(=O)c2ccc(OCC(=O)Nc3ccc(C(F)(F)F)cc3)cc2)cc1. The Kier molecular flexibility index (Phi) is 6.73. The Morgan fingerprint density at radius 2 is 1.44 bits per heavy atom. The zero-order valence-corrected chi connectivity index (χ0v) is 17.6. The minimum atomic E-state index is -4.46. The fraction of sp³-hybridized carbons (Fsp3) is 0.136. The Bertz CT molecular complexity index is 1180. The number of sulfonamides is 1. The molecule has 0 fully saturated rings. The summed E-state index contributed by atoms with van der Waals surface area (Å²) >= 11 is 0. The van der Waals surface area contributed by atoms with Crippen molar-refractivity contribution >= 4 is 27.3 Å². The molecular formula is C22H19F3N2O4S. The highest BCUT2D eigenvalue weighted by Crippen LogP contribution is 2.29. The van der Waals surface area contributed by atoms with Crippen LogP contribution in [0.3, 0.4) is 0 Å². The quantitative estimate of drug-likeness (QED) is 0.525. The van der Waals surface area contributed by atoms with Crippen molar-refractivity contribution in [2.45, 2.75) is 18.0 Å². The molecule has 3 aromatic rings. The molecule has 0 spiro atoms. The van der Waals surface area contributed by atoms with Gasteiger partial charge in [0, 0.05) is 11.4 Å². The highest BCUT2D eigenvalue weighted by molar-refractivity contribution is 7.92. The van der Waals surface area contributed by atoms with Crippen LogP contribution in [0.4, 0.5) is 24.5 Å². The van der Waals surface area contributed by atoms with E-state index in [1.807, 2.05) is 6.92 Å². The molecule has 10 heteroatoms. The Morgan fingerprint density at radius 3 is 2.00 bits per heavy atom. The first kappa shape index (κ1) is 23.1. The molecule has 0 radical (unpaired) electrons. The number of benzene rings is 3. The van der Waals surface area contributed by atoms with E-state index in [0.29, 0.717) is 5.69 Å². The number of amides is 1. The van der Waals surface area contributed by atoms with Gasteiger partial charge >= 0.3 is 6.18 Å². The molecule has 3 rings (SSSR count). The van der Waals surface area contributed by atoms with Crippen LogP contribution in [0.5, 0.6) is 5.75 Å². The Labute approximate surface area is 183 Å². The number of hydrogen-bond donors (Lipinski definition) is 2. The molecular weight excluding hydrogens is 445 g/mol. The second-order valence-corrected chi connectivity index (χ2v) is 8.54. The van der Waals surface area contributed by atoms with Gasteiger partial charge in [0.1, 0.15) is 5.75 Å². The van der Waals surface area contributed by atoms with Gasteiger partial charge in [0.05, 0.1) is 10.5 Å². The summed E-state index contributed by atoms with van der Waals surface area (Å²) < 4.78 is 70.4. The van der Waals surface area contributed by atoms with Crippen LogP contribution < -0.4 is 14.8 Å². The minimum absolute atomic E-state index is 0.0135. The summed E-state index contributed by atoms with van der Waals surface area (Å²) in [6.07, 6.45) is -4.46. The average molecular weight is 464 g/mol. The summed E-state index contributed by atoms with van der Waals surface area (Å²) in [5.74, 6) is -0.329. The van der Waals surface area contributed by atoms with Gasteiger partial charge in [-0.05, 0) is 67.6 Å². The molecule has 3 aromatic carbocycles. The van der Waals surface area contributed by atoms with Gasteiger partial charge in [-0.15, -0.1) is 0 Å². The van der Waals surface area contributed by atoms with Crippen molar-refractivity contribution < 1.29 is 31.1 Å². The monoisotopic (exact) mass is 464 g/mol. The number of ether oxygens (including phenoxy) is 1.